The molecule has 5 nitrogen and oxygen atoms in total. The number of ether oxygens (including phenoxy) is 2. The average Bonchev–Trinajstić information content (AvgIpc) is 3.33. The summed E-state index contributed by atoms with van der Waals surface area (Å²) in [6.45, 7) is 2.70. The molecular formula is C18H21N3O2S2. The van der Waals surface area contributed by atoms with Crippen LogP contribution in [0.5, 0.6) is 11.5 Å². The van der Waals surface area contributed by atoms with Gasteiger partial charge in [-0.05, 0) is 54.8 Å². The van der Waals surface area contributed by atoms with E-state index in [4.69, 9.17) is 9.47 Å². The molecule has 0 bridgehead atoms. The summed E-state index contributed by atoms with van der Waals surface area (Å²) in [5, 5.41) is 1.87. The number of fused-ring (bicyclic) bond motifs is 2. The fourth-order valence-electron chi connectivity index (χ4n) is 4.07. The van der Waals surface area contributed by atoms with Crippen LogP contribution in [-0.4, -0.2) is 39.0 Å². The van der Waals surface area contributed by atoms with Crippen LogP contribution in [-0.2, 0) is 7.05 Å². The van der Waals surface area contributed by atoms with Crippen molar-refractivity contribution in [2.75, 3.05) is 19.9 Å². The van der Waals surface area contributed by atoms with Crippen molar-refractivity contribution in [3.8, 4) is 11.5 Å². The molecule has 3 atom stereocenters. The highest BCUT2D eigenvalue weighted by molar-refractivity contribution is 7.99. The molecule has 1 aromatic carbocycles. The third-order valence-corrected chi connectivity index (χ3v) is 7.65. The second kappa shape index (κ2) is 6.45. The van der Waals surface area contributed by atoms with Crippen LogP contribution in [0.3, 0.4) is 0 Å². The highest BCUT2D eigenvalue weighted by Gasteiger charge is 2.41. The van der Waals surface area contributed by atoms with Crippen molar-refractivity contribution < 1.29 is 9.47 Å². The molecule has 7 heteroatoms. The average molecular weight is 376 g/mol. The van der Waals surface area contributed by atoms with Crippen molar-refractivity contribution in [3.63, 3.8) is 0 Å². The van der Waals surface area contributed by atoms with Crippen LogP contribution in [0, 0.1) is 11.8 Å². The van der Waals surface area contributed by atoms with Crippen LogP contribution >= 0.6 is 23.7 Å². The molecule has 2 aliphatic heterocycles. The van der Waals surface area contributed by atoms with Crippen LogP contribution in [0.25, 0.3) is 0 Å². The molecular weight excluding hydrogens is 354 g/mol. The van der Waals surface area contributed by atoms with E-state index in [1.807, 2.05) is 42.2 Å². The SMILES string of the molecule is Cn1ccnc1SC1C[C@@H]2CN(Sc3ccc4c(c3)OCO4)C[C@@H]2C1. The quantitative estimate of drug-likeness (QED) is 0.760. The minimum absolute atomic E-state index is 0.340. The molecule has 1 saturated heterocycles. The van der Waals surface area contributed by atoms with Gasteiger partial charge in [-0.25, -0.2) is 9.29 Å². The Labute approximate surface area is 156 Å². The minimum Gasteiger partial charge on any atom is -0.454 e. The first-order chi connectivity index (χ1) is 12.2. The fourth-order valence-corrected chi connectivity index (χ4v) is 6.52. The van der Waals surface area contributed by atoms with E-state index in [0.717, 1.165) is 28.5 Å². The van der Waals surface area contributed by atoms with Crippen molar-refractivity contribution in [1.29, 1.82) is 0 Å². The van der Waals surface area contributed by atoms with E-state index in [9.17, 15) is 0 Å². The summed E-state index contributed by atoms with van der Waals surface area (Å²) in [4.78, 5) is 5.70. The molecule has 0 spiro atoms. The predicted octanol–water partition coefficient (Wildman–Crippen LogP) is 3.66. The Morgan fingerprint density at radius 1 is 1.12 bits per heavy atom. The van der Waals surface area contributed by atoms with E-state index >= 15 is 0 Å². The molecule has 3 aliphatic rings. The number of rotatable bonds is 4. The maximum absolute atomic E-state index is 5.49. The number of thioether (sulfide) groups is 1. The van der Waals surface area contributed by atoms with Gasteiger partial charge in [0.25, 0.3) is 0 Å². The zero-order chi connectivity index (χ0) is 16.8. The van der Waals surface area contributed by atoms with Gasteiger partial charge in [-0.1, -0.05) is 11.8 Å². The summed E-state index contributed by atoms with van der Waals surface area (Å²) in [6.07, 6.45) is 6.53. The molecule has 1 unspecified atom stereocenters. The summed E-state index contributed by atoms with van der Waals surface area (Å²) in [5.74, 6) is 3.37. The number of imidazole rings is 1. The second-order valence-corrected chi connectivity index (χ2v) is 9.44. The largest absolute Gasteiger partial charge is 0.454 e. The van der Waals surface area contributed by atoms with E-state index in [2.05, 4.69) is 33.0 Å². The first kappa shape index (κ1) is 15.9. The second-order valence-electron chi connectivity index (χ2n) is 7.01. The van der Waals surface area contributed by atoms with Gasteiger partial charge < -0.3 is 14.0 Å². The normalized spacial score (nSPS) is 27.8. The van der Waals surface area contributed by atoms with Crippen LogP contribution < -0.4 is 9.47 Å². The van der Waals surface area contributed by atoms with Gasteiger partial charge in [0, 0.05) is 42.7 Å². The third kappa shape index (κ3) is 3.13. The summed E-state index contributed by atoms with van der Waals surface area (Å²) < 4.78 is 15.5. The lowest BCUT2D eigenvalue weighted by molar-refractivity contribution is 0.174. The van der Waals surface area contributed by atoms with Crippen molar-refractivity contribution >= 4 is 23.7 Å². The van der Waals surface area contributed by atoms with Crippen LogP contribution in [0.1, 0.15) is 12.8 Å². The molecule has 0 N–H and O–H groups in total. The molecule has 5 rings (SSSR count). The fraction of sp³-hybridized carbons (Fsp3) is 0.500. The molecule has 2 aromatic rings. The molecule has 132 valence electrons. The van der Waals surface area contributed by atoms with Crippen molar-refractivity contribution in [2.45, 2.75) is 28.1 Å². The Bertz CT molecular complexity index is 767. The van der Waals surface area contributed by atoms with E-state index < -0.39 is 0 Å². The first-order valence-electron chi connectivity index (χ1n) is 8.71. The van der Waals surface area contributed by atoms with Crippen molar-refractivity contribution in [1.82, 2.24) is 13.9 Å². The zero-order valence-electron chi connectivity index (χ0n) is 14.1. The van der Waals surface area contributed by atoms with Gasteiger partial charge in [-0.15, -0.1) is 0 Å². The first-order valence-corrected chi connectivity index (χ1v) is 10.4. The molecule has 0 radical (unpaired) electrons. The number of benzene rings is 1. The molecule has 1 saturated carbocycles. The topological polar surface area (TPSA) is 39.5 Å². The molecule has 0 amide bonds. The molecule has 3 heterocycles. The third-order valence-electron chi connectivity index (χ3n) is 5.30. The minimum atomic E-state index is 0.340. The van der Waals surface area contributed by atoms with Crippen LogP contribution in [0.4, 0.5) is 0 Å². The number of aromatic nitrogens is 2. The Hall–Kier alpha value is -1.31. The Morgan fingerprint density at radius 3 is 2.68 bits per heavy atom. The predicted molar refractivity (Wildman–Crippen MR) is 99.1 cm³/mol. The summed E-state index contributed by atoms with van der Waals surface area (Å²) in [7, 11) is 2.08. The van der Waals surface area contributed by atoms with Gasteiger partial charge in [0.05, 0.1) is 0 Å². The lowest BCUT2D eigenvalue weighted by atomic mass is 10.0. The van der Waals surface area contributed by atoms with Crippen LogP contribution in [0.15, 0.2) is 40.6 Å². The van der Waals surface area contributed by atoms with Crippen molar-refractivity contribution in [2.24, 2.45) is 18.9 Å². The van der Waals surface area contributed by atoms with E-state index in [1.165, 1.54) is 30.8 Å². The number of nitrogens with zero attached hydrogens (tertiary/aromatic N) is 3. The molecule has 1 aromatic heterocycles. The van der Waals surface area contributed by atoms with E-state index in [-0.39, 0.29) is 0 Å². The highest BCUT2D eigenvalue weighted by atomic mass is 32.2. The van der Waals surface area contributed by atoms with Gasteiger partial charge in [-0.3, -0.25) is 0 Å². The molecule has 25 heavy (non-hydrogen) atoms. The standard InChI is InChI=1S/C18H21N3O2S2/c1-20-5-4-19-18(20)24-15-6-12-9-21(10-13(12)7-15)25-14-2-3-16-17(8-14)23-11-22-16/h2-5,8,12-13,15H,6-7,9-11H2,1H3/t12-,13+,15?. The Balaban J connectivity index is 1.18. The Kier molecular flexibility index (Phi) is 4.10. The zero-order valence-corrected chi connectivity index (χ0v) is 15.8. The van der Waals surface area contributed by atoms with Gasteiger partial charge >= 0.3 is 0 Å². The van der Waals surface area contributed by atoms with Gasteiger partial charge in [-0.2, -0.15) is 0 Å². The monoisotopic (exact) mass is 375 g/mol. The smallest absolute Gasteiger partial charge is 0.231 e. The number of aryl methyl sites for hydroxylation is 1. The van der Waals surface area contributed by atoms with Gasteiger partial charge in [0.2, 0.25) is 6.79 Å². The Morgan fingerprint density at radius 2 is 1.92 bits per heavy atom. The summed E-state index contributed by atoms with van der Waals surface area (Å²) in [5.41, 5.74) is 0. The highest BCUT2D eigenvalue weighted by Crippen LogP contribution is 2.47. The molecule has 1 aliphatic carbocycles. The van der Waals surface area contributed by atoms with E-state index in [0.29, 0.717) is 12.0 Å². The lowest BCUT2D eigenvalue weighted by Gasteiger charge is -2.17. The summed E-state index contributed by atoms with van der Waals surface area (Å²) >= 11 is 3.81. The van der Waals surface area contributed by atoms with Gasteiger partial charge in [0.1, 0.15) is 0 Å². The maximum Gasteiger partial charge on any atom is 0.231 e. The number of hydrogen-bond acceptors (Lipinski definition) is 6. The van der Waals surface area contributed by atoms with Crippen molar-refractivity contribution in [3.05, 3.63) is 30.6 Å². The van der Waals surface area contributed by atoms with E-state index in [1.54, 1.807) is 0 Å². The lowest BCUT2D eigenvalue weighted by Crippen LogP contribution is -2.15. The maximum atomic E-state index is 5.49. The molecule has 2 fully saturated rings. The van der Waals surface area contributed by atoms with Gasteiger partial charge in [0.15, 0.2) is 16.7 Å². The number of hydrogen-bond donors (Lipinski definition) is 0. The summed E-state index contributed by atoms with van der Waals surface area (Å²) in [6, 6.07) is 6.24. The van der Waals surface area contributed by atoms with Crippen LogP contribution in [0.2, 0.25) is 0 Å².